The lowest BCUT2D eigenvalue weighted by Crippen LogP contribution is -2.47. The minimum atomic E-state index is -5.70. The van der Waals surface area contributed by atoms with Crippen molar-refractivity contribution in [1.82, 2.24) is 20.1 Å². The Hall–Kier alpha value is -2.73. The van der Waals surface area contributed by atoms with Gasteiger partial charge in [-0.25, -0.2) is 8.42 Å². The van der Waals surface area contributed by atoms with Gasteiger partial charge in [0.25, 0.3) is 5.91 Å². The Morgan fingerprint density at radius 2 is 1.79 bits per heavy atom. The van der Waals surface area contributed by atoms with Crippen LogP contribution < -0.4 is 10.1 Å². The molecular weight excluding hydrogens is 644 g/mol. The van der Waals surface area contributed by atoms with E-state index in [4.69, 9.17) is 11.6 Å². The van der Waals surface area contributed by atoms with E-state index in [2.05, 4.69) is 20.1 Å². The van der Waals surface area contributed by atoms with Crippen LogP contribution in [0.5, 0.6) is 5.75 Å². The molecule has 2 heterocycles. The second-order valence-corrected chi connectivity index (χ2v) is 12.9. The van der Waals surface area contributed by atoms with Crippen molar-refractivity contribution < 1.29 is 58.2 Å². The van der Waals surface area contributed by atoms with Crippen molar-refractivity contribution in [3.63, 3.8) is 0 Å². The molecule has 0 radical (unpaired) electrons. The second-order valence-electron chi connectivity index (χ2n) is 10.2. The molecule has 0 atom stereocenters. The van der Waals surface area contributed by atoms with Crippen LogP contribution in [0.2, 0.25) is 5.02 Å². The number of halogens is 9. The summed E-state index contributed by atoms with van der Waals surface area (Å²) in [5.41, 5.74) is -3.35. The third-order valence-electron chi connectivity index (χ3n) is 7.05. The summed E-state index contributed by atoms with van der Waals surface area (Å²) in [4.78, 5) is 16.5. The van der Waals surface area contributed by atoms with Gasteiger partial charge in [0, 0.05) is 43.7 Å². The molecule has 0 unspecified atom stereocenters. The van der Waals surface area contributed by atoms with Gasteiger partial charge in [0.15, 0.2) is 11.6 Å². The molecule has 1 aliphatic rings. The van der Waals surface area contributed by atoms with Crippen LogP contribution in [0.4, 0.5) is 35.1 Å². The molecule has 9 nitrogen and oxygen atoms in total. The molecule has 0 bridgehead atoms. The summed E-state index contributed by atoms with van der Waals surface area (Å²) < 4.78 is 134. The van der Waals surface area contributed by atoms with Crippen molar-refractivity contribution in [2.45, 2.75) is 75.4 Å². The fraction of sp³-hybridized carbons (Fsp3) is 0.625. The number of ether oxygens (including phenoxy) is 1. The van der Waals surface area contributed by atoms with Crippen molar-refractivity contribution in [3.8, 4) is 17.0 Å². The number of aliphatic hydroxyl groups is 1. The first-order chi connectivity index (χ1) is 19.7. The summed E-state index contributed by atoms with van der Waals surface area (Å²) in [6.07, 6.45) is -10.8. The van der Waals surface area contributed by atoms with Gasteiger partial charge in [-0.15, -0.1) is 0 Å². The van der Waals surface area contributed by atoms with Crippen LogP contribution in [0.25, 0.3) is 11.3 Å². The molecule has 242 valence electrons. The van der Waals surface area contributed by atoms with Crippen molar-refractivity contribution in [1.29, 1.82) is 0 Å². The van der Waals surface area contributed by atoms with E-state index < -0.39 is 85.6 Å². The Balaban J connectivity index is 1.91. The van der Waals surface area contributed by atoms with Crippen molar-refractivity contribution in [3.05, 3.63) is 28.7 Å². The lowest BCUT2D eigenvalue weighted by Gasteiger charge is -2.35. The summed E-state index contributed by atoms with van der Waals surface area (Å²) in [6.45, 7) is -2.36. The van der Waals surface area contributed by atoms with Crippen molar-refractivity contribution in [2.75, 3.05) is 12.8 Å². The zero-order chi connectivity index (χ0) is 32.5. The number of hydrogen-bond acceptors (Lipinski definition) is 7. The first-order valence-corrected chi connectivity index (χ1v) is 15.0. The Labute approximate surface area is 245 Å². The molecule has 1 aliphatic carbocycles. The highest BCUT2D eigenvalue weighted by Gasteiger charge is 2.56. The van der Waals surface area contributed by atoms with Gasteiger partial charge in [-0.2, -0.15) is 40.2 Å². The Kier molecular flexibility index (Phi) is 10.3. The van der Waals surface area contributed by atoms with E-state index in [1.807, 2.05) is 0 Å². The predicted octanol–water partition coefficient (Wildman–Crippen LogP) is 4.95. The molecule has 1 saturated carbocycles. The van der Waals surface area contributed by atoms with Gasteiger partial charge >= 0.3 is 19.0 Å². The average molecular weight is 671 g/mol. The SMILES string of the molecule is CCn1nc(C(=O)NC[C@]2(O)CC[C@@H](S(C)(=O)=O)CC2)c(Cl)c1-c1cnc(CC(C(F)(F)F)C(F)(F)F)cc1OC(F)F. The van der Waals surface area contributed by atoms with Gasteiger partial charge in [0.1, 0.15) is 15.6 Å². The van der Waals surface area contributed by atoms with Gasteiger partial charge in [-0.1, -0.05) is 11.6 Å². The molecule has 3 rings (SSSR count). The van der Waals surface area contributed by atoms with E-state index in [1.165, 1.54) is 6.92 Å². The highest BCUT2D eigenvalue weighted by Crippen LogP contribution is 2.43. The number of amides is 1. The van der Waals surface area contributed by atoms with E-state index in [0.717, 1.165) is 10.9 Å². The number of aryl methyl sites for hydroxylation is 1. The monoisotopic (exact) mass is 670 g/mol. The van der Waals surface area contributed by atoms with E-state index in [1.54, 1.807) is 0 Å². The molecule has 0 spiro atoms. The Morgan fingerprint density at radius 1 is 1.21 bits per heavy atom. The Bertz CT molecular complexity index is 1410. The molecule has 2 aromatic heterocycles. The predicted molar refractivity (Wildman–Crippen MR) is 136 cm³/mol. The van der Waals surface area contributed by atoms with Gasteiger partial charge in [0.05, 0.1) is 27.1 Å². The normalized spacial score (nSPS) is 20.1. The van der Waals surface area contributed by atoms with Gasteiger partial charge in [-0.3, -0.25) is 14.5 Å². The van der Waals surface area contributed by atoms with Crippen molar-refractivity contribution >= 4 is 27.3 Å². The highest BCUT2D eigenvalue weighted by atomic mass is 35.5. The van der Waals surface area contributed by atoms with Crippen LogP contribution >= 0.6 is 11.6 Å². The maximum atomic E-state index is 13.2. The molecule has 1 amide bonds. The third kappa shape index (κ3) is 8.47. The maximum Gasteiger partial charge on any atom is 0.400 e. The van der Waals surface area contributed by atoms with Crippen LogP contribution in [0.3, 0.4) is 0 Å². The van der Waals surface area contributed by atoms with Gasteiger partial charge in [-0.05, 0) is 32.6 Å². The molecule has 0 aliphatic heterocycles. The fourth-order valence-corrected chi connectivity index (χ4v) is 6.13. The zero-order valence-electron chi connectivity index (χ0n) is 22.6. The molecule has 1 fully saturated rings. The van der Waals surface area contributed by atoms with Crippen LogP contribution in [-0.2, 0) is 22.8 Å². The molecule has 2 aromatic rings. The number of pyridine rings is 1. The van der Waals surface area contributed by atoms with Crippen LogP contribution in [0.1, 0.15) is 48.8 Å². The molecule has 19 heteroatoms. The summed E-state index contributed by atoms with van der Waals surface area (Å²) in [7, 11) is -3.31. The second kappa shape index (κ2) is 12.7. The van der Waals surface area contributed by atoms with Crippen LogP contribution in [-0.4, -0.2) is 76.8 Å². The van der Waals surface area contributed by atoms with Crippen LogP contribution in [0, 0.1) is 5.92 Å². The number of carbonyl (C=O) groups excluding carboxylic acids is 1. The molecule has 2 N–H and O–H groups in total. The third-order valence-corrected chi connectivity index (χ3v) is 9.09. The number of hydrogen-bond donors (Lipinski definition) is 2. The first-order valence-electron chi connectivity index (χ1n) is 12.7. The van der Waals surface area contributed by atoms with E-state index in [0.29, 0.717) is 12.3 Å². The van der Waals surface area contributed by atoms with E-state index >= 15 is 0 Å². The number of nitrogens with zero attached hydrogens (tertiary/aromatic N) is 3. The van der Waals surface area contributed by atoms with E-state index in [-0.39, 0.29) is 44.5 Å². The standard InChI is InChI=1S/C24H27ClF8N4O5S/c1-3-37-19(14-10-34-12(8-15(14)42-21(26)27)9-16(23(28,29)30)24(31,32)33)17(25)18(36-37)20(38)35-11-22(39)6-4-13(5-7-22)43(2,40)41/h8,10,13,16,21,39H,3-7,9,11H2,1-2H3,(H,35,38)/t13-,22+. The number of sulfone groups is 1. The number of aromatic nitrogens is 3. The summed E-state index contributed by atoms with van der Waals surface area (Å²) in [6, 6.07) is 0.497. The van der Waals surface area contributed by atoms with Gasteiger partial charge < -0.3 is 15.2 Å². The average Bonchev–Trinajstić information content (AvgIpc) is 3.20. The summed E-state index contributed by atoms with van der Waals surface area (Å²) in [5.74, 6) is -5.59. The quantitative estimate of drug-likeness (QED) is 0.343. The van der Waals surface area contributed by atoms with Crippen LogP contribution in [0.15, 0.2) is 12.3 Å². The zero-order valence-corrected chi connectivity index (χ0v) is 24.1. The largest absolute Gasteiger partial charge is 0.434 e. The lowest BCUT2D eigenvalue weighted by molar-refractivity contribution is -0.283. The Morgan fingerprint density at radius 3 is 2.28 bits per heavy atom. The van der Waals surface area contributed by atoms with E-state index in [9.17, 15) is 53.4 Å². The first kappa shape index (κ1) is 34.8. The summed E-state index contributed by atoms with van der Waals surface area (Å²) in [5, 5.41) is 16.2. The smallest absolute Gasteiger partial charge is 0.400 e. The number of alkyl halides is 8. The minimum Gasteiger partial charge on any atom is -0.434 e. The van der Waals surface area contributed by atoms with Crippen molar-refractivity contribution in [2.24, 2.45) is 5.92 Å². The molecule has 43 heavy (non-hydrogen) atoms. The highest BCUT2D eigenvalue weighted by molar-refractivity contribution is 7.91. The lowest BCUT2D eigenvalue weighted by atomic mass is 9.84. The fourth-order valence-electron chi connectivity index (χ4n) is 4.72. The molecular formula is C24H27ClF8N4O5S. The number of carbonyl (C=O) groups is 1. The summed E-state index contributed by atoms with van der Waals surface area (Å²) >= 11 is 6.37. The number of nitrogens with one attached hydrogen (secondary N) is 1. The minimum absolute atomic E-state index is 0.0285. The van der Waals surface area contributed by atoms with Gasteiger partial charge in [0.2, 0.25) is 0 Å². The number of rotatable bonds is 10. The maximum absolute atomic E-state index is 13.2. The molecule has 0 saturated heterocycles. The topological polar surface area (TPSA) is 123 Å². The molecule has 0 aromatic carbocycles.